The molecular formula is C19H29N3. The minimum absolute atomic E-state index is 0.265. The molecule has 3 nitrogen and oxygen atoms in total. The second-order valence-corrected chi connectivity index (χ2v) is 8.97. The molecule has 0 radical (unpaired) electrons. The molecule has 7 atom stereocenters. The van der Waals surface area contributed by atoms with Gasteiger partial charge in [0.15, 0.2) is 0 Å². The van der Waals surface area contributed by atoms with Crippen molar-refractivity contribution in [3.05, 3.63) is 22.6 Å². The van der Waals surface area contributed by atoms with Crippen LogP contribution < -0.4 is 0 Å². The van der Waals surface area contributed by atoms with Crippen LogP contribution in [-0.4, -0.2) is 6.04 Å². The van der Waals surface area contributed by atoms with Gasteiger partial charge in [-0.15, -0.1) is 0 Å². The quantitative estimate of drug-likeness (QED) is 0.251. The number of hydrogen-bond acceptors (Lipinski definition) is 1. The zero-order chi connectivity index (χ0) is 15.4. The van der Waals surface area contributed by atoms with E-state index in [2.05, 4.69) is 36.0 Å². The molecule has 0 aliphatic heterocycles. The first-order valence-corrected chi connectivity index (χ1v) is 9.29. The zero-order valence-electron chi connectivity index (χ0n) is 14.0. The fraction of sp³-hybridized carbons (Fsp3) is 0.895. The predicted molar refractivity (Wildman–Crippen MR) is 89.2 cm³/mol. The van der Waals surface area contributed by atoms with Crippen LogP contribution in [0.2, 0.25) is 0 Å². The summed E-state index contributed by atoms with van der Waals surface area (Å²) in [6.07, 6.45) is 15.4. The van der Waals surface area contributed by atoms with Crippen LogP contribution >= 0.6 is 0 Å². The van der Waals surface area contributed by atoms with Crippen LogP contribution in [0.25, 0.3) is 10.4 Å². The Balaban J connectivity index is 1.58. The second kappa shape index (κ2) is 5.03. The fourth-order valence-electron chi connectivity index (χ4n) is 6.90. The van der Waals surface area contributed by atoms with Gasteiger partial charge >= 0.3 is 0 Å². The van der Waals surface area contributed by atoms with Crippen LogP contribution in [0.3, 0.4) is 0 Å². The van der Waals surface area contributed by atoms with Gasteiger partial charge in [0.05, 0.1) is 0 Å². The summed E-state index contributed by atoms with van der Waals surface area (Å²) in [5, 5.41) is 4.04. The maximum atomic E-state index is 8.75. The highest BCUT2D eigenvalue weighted by Crippen LogP contribution is 2.65. The van der Waals surface area contributed by atoms with E-state index in [1.54, 1.807) is 0 Å². The van der Waals surface area contributed by atoms with Gasteiger partial charge in [-0.3, -0.25) is 0 Å². The molecule has 0 heterocycles. The molecule has 0 N–H and O–H groups in total. The van der Waals surface area contributed by atoms with Crippen LogP contribution in [0.5, 0.6) is 0 Å². The van der Waals surface area contributed by atoms with E-state index in [4.69, 9.17) is 5.53 Å². The lowest BCUT2D eigenvalue weighted by Gasteiger charge is -2.60. The highest BCUT2D eigenvalue weighted by molar-refractivity contribution is 5.16. The van der Waals surface area contributed by atoms with Crippen LogP contribution in [0.1, 0.15) is 65.2 Å². The van der Waals surface area contributed by atoms with E-state index in [1.165, 1.54) is 38.5 Å². The van der Waals surface area contributed by atoms with Crippen molar-refractivity contribution in [3.63, 3.8) is 0 Å². The number of nitrogens with zero attached hydrogens (tertiary/aromatic N) is 3. The summed E-state index contributed by atoms with van der Waals surface area (Å²) >= 11 is 0. The number of rotatable bonds is 1. The number of allylic oxidation sites excluding steroid dienone is 2. The van der Waals surface area contributed by atoms with Gasteiger partial charge in [-0.1, -0.05) is 31.1 Å². The lowest BCUT2D eigenvalue weighted by molar-refractivity contribution is -0.0995. The van der Waals surface area contributed by atoms with E-state index in [9.17, 15) is 0 Å². The van der Waals surface area contributed by atoms with E-state index in [-0.39, 0.29) is 6.04 Å². The van der Waals surface area contributed by atoms with Gasteiger partial charge in [-0.25, -0.2) is 0 Å². The van der Waals surface area contributed by atoms with Gasteiger partial charge in [0.1, 0.15) is 0 Å². The van der Waals surface area contributed by atoms with Crippen LogP contribution in [0, 0.1) is 34.5 Å². The minimum atomic E-state index is 0.265. The summed E-state index contributed by atoms with van der Waals surface area (Å²) in [5.74, 6) is 3.54. The average Bonchev–Trinajstić information content (AvgIpc) is 2.89. The molecule has 0 spiro atoms. The van der Waals surface area contributed by atoms with Gasteiger partial charge in [-0.05, 0) is 91.4 Å². The molecule has 0 aromatic heterocycles. The standard InChI is InChI=1S/C19H29N3/c1-18-9-3-4-16(18)15-6-5-13-12-14(21-22-20)7-11-19(13,2)17(15)8-10-18/h3,9,13-17H,4-8,10-12H2,1-2H3/t13-,14+,15-,16-,17-,18-,19-/m0/s1. The summed E-state index contributed by atoms with van der Waals surface area (Å²) in [6.45, 7) is 5.08. The van der Waals surface area contributed by atoms with Crippen molar-refractivity contribution >= 4 is 0 Å². The third kappa shape index (κ3) is 1.98. The molecule has 4 aliphatic rings. The smallest absolute Gasteiger partial charge is 0.0377 e. The van der Waals surface area contributed by atoms with Gasteiger partial charge in [0.2, 0.25) is 0 Å². The predicted octanol–water partition coefficient (Wildman–Crippen LogP) is 5.87. The molecule has 0 amide bonds. The van der Waals surface area contributed by atoms with Crippen LogP contribution in [0.4, 0.5) is 0 Å². The van der Waals surface area contributed by atoms with Gasteiger partial charge in [0, 0.05) is 11.0 Å². The second-order valence-electron chi connectivity index (χ2n) is 8.97. The molecule has 0 unspecified atom stereocenters. The van der Waals surface area contributed by atoms with Gasteiger partial charge < -0.3 is 0 Å². The first kappa shape index (κ1) is 14.6. The SMILES string of the molecule is C[C@]12CC[C@@H](N=[N+]=[N-])C[C@@H]1CC[C@@H]1[C@@H]2CC[C@]2(C)C=CC[C@@H]12. The van der Waals surface area contributed by atoms with E-state index < -0.39 is 0 Å². The first-order chi connectivity index (χ1) is 10.6. The van der Waals surface area contributed by atoms with Crippen molar-refractivity contribution < 1.29 is 0 Å². The molecule has 120 valence electrons. The molecule has 3 saturated carbocycles. The molecule has 0 aromatic rings. The Labute approximate surface area is 134 Å². The van der Waals surface area contributed by atoms with Crippen molar-refractivity contribution in [1.29, 1.82) is 0 Å². The Morgan fingerprint density at radius 2 is 1.95 bits per heavy atom. The number of azide groups is 1. The summed E-state index contributed by atoms with van der Waals surface area (Å²) in [7, 11) is 0. The number of hydrogen-bond donors (Lipinski definition) is 0. The van der Waals surface area contributed by atoms with E-state index in [0.717, 1.165) is 36.5 Å². The fourth-order valence-corrected chi connectivity index (χ4v) is 6.90. The average molecular weight is 299 g/mol. The van der Waals surface area contributed by atoms with Crippen LogP contribution in [-0.2, 0) is 0 Å². The molecule has 0 aromatic carbocycles. The lowest BCUT2D eigenvalue weighted by atomic mass is 9.45. The Morgan fingerprint density at radius 3 is 2.77 bits per heavy atom. The molecule has 0 bridgehead atoms. The van der Waals surface area contributed by atoms with Gasteiger partial charge in [0.25, 0.3) is 0 Å². The highest BCUT2D eigenvalue weighted by Gasteiger charge is 2.56. The summed E-state index contributed by atoms with van der Waals surface area (Å²) in [5.41, 5.74) is 9.75. The van der Waals surface area contributed by atoms with Crippen molar-refractivity contribution in [2.75, 3.05) is 0 Å². The van der Waals surface area contributed by atoms with Crippen molar-refractivity contribution in [3.8, 4) is 0 Å². The molecule has 3 fully saturated rings. The normalized spacial score (nSPS) is 53.1. The highest BCUT2D eigenvalue weighted by atomic mass is 15.1. The Hall–Kier alpha value is -0.950. The molecule has 0 saturated heterocycles. The van der Waals surface area contributed by atoms with Crippen molar-refractivity contribution in [1.82, 2.24) is 0 Å². The molecule has 4 rings (SSSR count). The lowest BCUT2D eigenvalue weighted by Crippen LogP contribution is -2.53. The van der Waals surface area contributed by atoms with E-state index in [0.29, 0.717) is 10.8 Å². The summed E-state index contributed by atoms with van der Waals surface area (Å²) in [6, 6.07) is 0.265. The zero-order valence-corrected chi connectivity index (χ0v) is 14.0. The number of fused-ring (bicyclic) bond motifs is 5. The Bertz CT molecular complexity index is 535. The van der Waals surface area contributed by atoms with Crippen molar-refractivity contribution in [2.24, 2.45) is 39.6 Å². The van der Waals surface area contributed by atoms with E-state index >= 15 is 0 Å². The third-order valence-electron chi connectivity index (χ3n) is 8.18. The molecule has 3 heteroatoms. The molecule has 22 heavy (non-hydrogen) atoms. The van der Waals surface area contributed by atoms with E-state index in [1.807, 2.05) is 0 Å². The maximum absolute atomic E-state index is 8.75. The monoisotopic (exact) mass is 299 g/mol. The summed E-state index contributed by atoms with van der Waals surface area (Å²) in [4.78, 5) is 3.07. The summed E-state index contributed by atoms with van der Waals surface area (Å²) < 4.78 is 0. The minimum Gasteiger partial charge on any atom is -0.0906 e. The Kier molecular flexibility index (Phi) is 3.34. The van der Waals surface area contributed by atoms with Crippen molar-refractivity contribution in [2.45, 2.75) is 71.3 Å². The third-order valence-corrected chi connectivity index (χ3v) is 8.18. The maximum Gasteiger partial charge on any atom is 0.0377 e. The molecule has 4 aliphatic carbocycles. The largest absolute Gasteiger partial charge is 0.0906 e. The van der Waals surface area contributed by atoms with Gasteiger partial charge in [-0.2, -0.15) is 0 Å². The van der Waals surface area contributed by atoms with Crippen LogP contribution in [0.15, 0.2) is 17.3 Å². The molecular weight excluding hydrogens is 270 g/mol. The first-order valence-electron chi connectivity index (χ1n) is 9.29. The Morgan fingerprint density at radius 1 is 1.09 bits per heavy atom. The topological polar surface area (TPSA) is 48.8 Å².